The predicted molar refractivity (Wildman–Crippen MR) is 104 cm³/mol. The van der Waals surface area contributed by atoms with Crippen LogP contribution in [0.1, 0.15) is 27.7 Å². The maximum atomic E-state index is 13.3. The zero-order valence-corrected chi connectivity index (χ0v) is 15.3. The molecule has 0 aliphatic carbocycles. The van der Waals surface area contributed by atoms with E-state index < -0.39 is 0 Å². The Kier molecular flexibility index (Phi) is 5.51. The second kappa shape index (κ2) is 7.99. The van der Waals surface area contributed by atoms with E-state index in [0.29, 0.717) is 24.5 Å². The Morgan fingerprint density at radius 3 is 2.48 bits per heavy atom. The normalized spacial score (nSPS) is 10.5. The highest BCUT2D eigenvalue weighted by molar-refractivity contribution is 7.09. The highest BCUT2D eigenvalue weighted by Gasteiger charge is 2.21. The van der Waals surface area contributed by atoms with Crippen molar-refractivity contribution in [3.05, 3.63) is 82.0 Å². The fourth-order valence-corrected chi connectivity index (χ4v) is 3.33. The van der Waals surface area contributed by atoms with Crippen LogP contribution in [0.2, 0.25) is 0 Å². The van der Waals surface area contributed by atoms with Crippen molar-refractivity contribution in [2.75, 3.05) is 11.5 Å². The van der Waals surface area contributed by atoms with Gasteiger partial charge in [0.1, 0.15) is 5.75 Å². The maximum Gasteiger partial charge on any atom is 0.262 e. The number of aryl methyl sites for hydroxylation is 1. The van der Waals surface area contributed by atoms with Crippen molar-refractivity contribution in [1.29, 1.82) is 0 Å². The van der Waals surface area contributed by atoms with Gasteiger partial charge in [0, 0.05) is 10.6 Å². The van der Waals surface area contributed by atoms with Gasteiger partial charge in [0.25, 0.3) is 5.91 Å². The minimum absolute atomic E-state index is 0.0543. The molecule has 0 aliphatic heterocycles. The number of carbonyl (C=O) groups is 1. The molecule has 0 N–H and O–H groups in total. The second-order valence-corrected chi connectivity index (χ2v) is 6.77. The fourth-order valence-electron chi connectivity index (χ4n) is 2.63. The van der Waals surface area contributed by atoms with Crippen LogP contribution in [-0.2, 0) is 6.54 Å². The lowest BCUT2D eigenvalue weighted by Gasteiger charge is -2.23. The molecule has 0 radical (unpaired) electrons. The number of para-hydroxylation sites is 1. The van der Waals surface area contributed by atoms with E-state index in [1.165, 1.54) is 5.56 Å². The van der Waals surface area contributed by atoms with Crippen LogP contribution in [0.15, 0.2) is 66.0 Å². The smallest absolute Gasteiger partial charge is 0.262 e. The summed E-state index contributed by atoms with van der Waals surface area (Å²) in [4.78, 5) is 16.3. The molecule has 0 atom stereocenters. The highest BCUT2D eigenvalue weighted by atomic mass is 32.1. The molecule has 1 aromatic heterocycles. The number of nitrogens with zero attached hydrogens (tertiary/aromatic N) is 1. The van der Waals surface area contributed by atoms with Gasteiger partial charge < -0.3 is 9.64 Å². The van der Waals surface area contributed by atoms with Crippen LogP contribution in [-0.4, -0.2) is 12.5 Å². The second-order valence-electron chi connectivity index (χ2n) is 5.74. The largest absolute Gasteiger partial charge is 0.493 e. The quantitative estimate of drug-likeness (QED) is 0.603. The van der Waals surface area contributed by atoms with Crippen LogP contribution in [0.3, 0.4) is 0 Å². The number of hydrogen-bond donors (Lipinski definition) is 0. The summed E-state index contributed by atoms with van der Waals surface area (Å²) < 4.78 is 5.65. The van der Waals surface area contributed by atoms with Gasteiger partial charge in [0.05, 0.1) is 18.7 Å². The van der Waals surface area contributed by atoms with E-state index in [1.807, 2.05) is 84.8 Å². The zero-order valence-electron chi connectivity index (χ0n) is 14.4. The summed E-state index contributed by atoms with van der Waals surface area (Å²) in [7, 11) is 0. The lowest BCUT2D eigenvalue weighted by molar-refractivity contribution is 0.0981. The molecule has 0 aliphatic rings. The number of ether oxygens (including phenoxy) is 1. The summed E-state index contributed by atoms with van der Waals surface area (Å²) in [6, 6.07) is 19.5. The van der Waals surface area contributed by atoms with Crippen LogP contribution < -0.4 is 9.64 Å². The standard InChI is InChI=1S/C21H21NO2S/c1-3-24-20-9-5-4-8-19(20)21(23)22(15-18-7-6-14-25-18)17-12-10-16(2)11-13-17/h4-14H,3,15H2,1-2H3. The van der Waals surface area contributed by atoms with Gasteiger partial charge in [-0.15, -0.1) is 11.3 Å². The molecule has 0 fully saturated rings. The molecular weight excluding hydrogens is 330 g/mol. The number of benzene rings is 2. The first-order valence-corrected chi connectivity index (χ1v) is 9.19. The Balaban J connectivity index is 1.98. The lowest BCUT2D eigenvalue weighted by atomic mass is 10.1. The minimum Gasteiger partial charge on any atom is -0.493 e. The average molecular weight is 351 g/mol. The Bertz CT molecular complexity index is 825. The summed E-state index contributed by atoms with van der Waals surface area (Å²) >= 11 is 1.65. The van der Waals surface area contributed by atoms with Crippen molar-refractivity contribution in [3.8, 4) is 5.75 Å². The van der Waals surface area contributed by atoms with E-state index in [1.54, 1.807) is 11.3 Å². The minimum atomic E-state index is -0.0543. The molecule has 0 saturated carbocycles. The van der Waals surface area contributed by atoms with E-state index in [4.69, 9.17) is 4.74 Å². The van der Waals surface area contributed by atoms with Crippen molar-refractivity contribution in [2.24, 2.45) is 0 Å². The van der Waals surface area contributed by atoms with Crippen LogP contribution in [0.4, 0.5) is 5.69 Å². The third-order valence-corrected chi connectivity index (χ3v) is 4.76. The van der Waals surface area contributed by atoms with Crippen molar-refractivity contribution >= 4 is 22.9 Å². The summed E-state index contributed by atoms with van der Waals surface area (Å²) in [6.07, 6.45) is 0. The number of hydrogen-bond acceptors (Lipinski definition) is 3. The Morgan fingerprint density at radius 2 is 1.80 bits per heavy atom. The topological polar surface area (TPSA) is 29.5 Å². The first-order valence-electron chi connectivity index (χ1n) is 8.31. The highest BCUT2D eigenvalue weighted by Crippen LogP contribution is 2.26. The number of rotatable bonds is 6. The molecule has 2 aromatic carbocycles. The zero-order chi connectivity index (χ0) is 17.6. The molecule has 1 heterocycles. The first kappa shape index (κ1) is 17.2. The molecule has 0 bridgehead atoms. The van der Waals surface area contributed by atoms with Gasteiger partial charge in [0.2, 0.25) is 0 Å². The lowest BCUT2D eigenvalue weighted by Crippen LogP contribution is -2.30. The van der Waals surface area contributed by atoms with Crippen LogP contribution in [0.25, 0.3) is 0 Å². The molecule has 25 heavy (non-hydrogen) atoms. The Morgan fingerprint density at radius 1 is 1.04 bits per heavy atom. The van der Waals surface area contributed by atoms with Gasteiger partial charge in [-0.2, -0.15) is 0 Å². The summed E-state index contributed by atoms with van der Waals surface area (Å²) in [6.45, 7) is 5.03. The van der Waals surface area contributed by atoms with Gasteiger partial charge in [-0.1, -0.05) is 35.9 Å². The third-order valence-electron chi connectivity index (χ3n) is 3.90. The molecule has 3 rings (SSSR count). The number of amides is 1. The molecule has 0 spiro atoms. The third kappa shape index (κ3) is 4.09. The molecule has 3 nitrogen and oxygen atoms in total. The van der Waals surface area contributed by atoms with Crippen molar-refractivity contribution in [3.63, 3.8) is 0 Å². The van der Waals surface area contributed by atoms with E-state index in [0.717, 1.165) is 10.6 Å². The van der Waals surface area contributed by atoms with Crippen LogP contribution >= 0.6 is 11.3 Å². The van der Waals surface area contributed by atoms with E-state index in [-0.39, 0.29) is 5.91 Å². The van der Waals surface area contributed by atoms with Gasteiger partial charge in [-0.25, -0.2) is 0 Å². The van der Waals surface area contributed by atoms with Crippen LogP contribution in [0, 0.1) is 6.92 Å². The molecule has 3 aromatic rings. The fraction of sp³-hybridized carbons (Fsp3) is 0.190. The number of anilines is 1. The van der Waals surface area contributed by atoms with Crippen molar-refractivity contribution in [1.82, 2.24) is 0 Å². The number of carbonyl (C=O) groups excluding carboxylic acids is 1. The molecule has 0 unspecified atom stereocenters. The summed E-state index contributed by atoms with van der Waals surface area (Å²) in [5.41, 5.74) is 2.64. The molecule has 0 saturated heterocycles. The molecule has 128 valence electrons. The van der Waals surface area contributed by atoms with Gasteiger partial charge in [-0.05, 0) is 49.6 Å². The Labute approximate surface area is 152 Å². The van der Waals surface area contributed by atoms with E-state index >= 15 is 0 Å². The van der Waals surface area contributed by atoms with Gasteiger partial charge in [0.15, 0.2) is 0 Å². The van der Waals surface area contributed by atoms with Crippen molar-refractivity contribution in [2.45, 2.75) is 20.4 Å². The Hall–Kier alpha value is -2.59. The monoisotopic (exact) mass is 351 g/mol. The number of thiophene rings is 1. The van der Waals surface area contributed by atoms with Gasteiger partial charge in [-0.3, -0.25) is 4.79 Å². The average Bonchev–Trinajstić information content (AvgIpc) is 3.14. The van der Waals surface area contributed by atoms with Crippen molar-refractivity contribution < 1.29 is 9.53 Å². The van der Waals surface area contributed by atoms with E-state index in [2.05, 4.69) is 0 Å². The summed E-state index contributed by atoms with van der Waals surface area (Å²) in [5.74, 6) is 0.569. The molecule has 4 heteroatoms. The van der Waals surface area contributed by atoms with Crippen LogP contribution in [0.5, 0.6) is 5.75 Å². The SMILES string of the molecule is CCOc1ccccc1C(=O)N(Cc1cccs1)c1ccc(C)cc1. The van der Waals surface area contributed by atoms with E-state index in [9.17, 15) is 4.79 Å². The first-order chi connectivity index (χ1) is 12.2. The maximum absolute atomic E-state index is 13.3. The summed E-state index contributed by atoms with van der Waals surface area (Å²) in [5, 5.41) is 2.03. The molecule has 1 amide bonds. The predicted octanol–water partition coefficient (Wildman–Crippen LogP) is 5.30. The molecular formula is C21H21NO2S. The van der Waals surface area contributed by atoms with Gasteiger partial charge >= 0.3 is 0 Å².